The molecule has 0 aromatic heterocycles. The van der Waals surface area contributed by atoms with E-state index in [2.05, 4.69) is 32.0 Å². The number of hydrogen-bond acceptors (Lipinski definition) is 2. The van der Waals surface area contributed by atoms with Gasteiger partial charge < -0.3 is 5.73 Å². The molecule has 4 heteroatoms. The van der Waals surface area contributed by atoms with Crippen molar-refractivity contribution in [1.29, 1.82) is 5.41 Å². The fraction of sp³-hybridized carbons (Fsp3) is 0.188. The van der Waals surface area contributed by atoms with Crippen LogP contribution in [-0.2, 0) is 5.75 Å². The molecule has 0 aliphatic carbocycles. The van der Waals surface area contributed by atoms with Gasteiger partial charge in [0.15, 0.2) is 0 Å². The van der Waals surface area contributed by atoms with E-state index in [9.17, 15) is 0 Å². The molecule has 2 aromatic carbocycles. The zero-order valence-corrected chi connectivity index (χ0v) is 13.1. The molecule has 0 bridgehead atoms. The van der Waals surface area contributed by atoms with Gasteiger partial charge in [0.05, 0.1) is 5.02 Å². The topological polar surface area (TPSA) is 49.9 Å². The Bertz CT molecular complexity index is 633. The molecule has 20 heavy (non-hydrogen) atoms. The van der Waals surface area contributed by atoms with E-state index in [0.29, 0.717) is 10.6 Å². The fourth-order valence-corrected chi connectivity index (χ4v) is 3.34. The second-order valence-electron chi connectivity index (χ2n) is 4.84. The number of amidine groups is 1. The van der Waals surface area contributed by atoms with E-state index in [-0.39, 0.29) is 5.84 Å². The summed E-state index contributed by atoms with van der Waals surface area (Å²) in [6.45, 7) is 4.22. The van der Waals surface area contributed by atoms with Crippen molar-refractivity contribution in [2.45, 2.75) is 24.5 Å². The van der Waals surface area contributed by atoms with Crippen molar-refractivity contribution in [1.82, 2.24) is 0 Å². The molecule has 104 valence electrons. The van der Waals surface area contributed by atoms with Crippen LogP contribution in [0.15, 0.2) is 41.3 Å². The smallest absolute Gasteiger partial charge is 0.124 e. The molecule has 3 N–H and O–H groups in total. The van der Waals surface area contributed by atoms with Crippen molar-refractivity contribution in [2.24, 2.45) is 5.73 Å². The maximum atomic E-state index is 7.42. The van der Waals surface area contributed by atoms with E-state index in [1.54, 1.807) is 17.8 Å². The molecule has 0 radical (unpaired) electrons. The molecule has 0 aliphatic rings. The number of benzene rings is 2. The molecule has 2 aromatic rings. The summed E-state index contributed by atoms with van der Waals surface area (Å²) in [5.41, 5.74) is 9.91. The second kappa shape index (κ2) is 6.33. The summed E-state index contributed by atoms with van der Waals surface area (Å²) in [7, 11) is 0. The van der Waals surface area contributed by atoms with Gasteiger partial charge in [-0.1, -0.05) is 40.9 Å². The number of hydrogen-bond donors (Lipinski definition) is 2. The van der Waals surface area contributed by atoms with E-state index in [1.807, 2.05) is 12.1 Å². The van der Waals surface area contributed by atoms with Crippen LogP contribution in [0.1, 0.15) is 22.3 Å². The number of rotatable bonds is 4. The fourth-order valence-electron chi connectivity index (χ4n) is 2.12. The summed E-state index contributed by atoms with van der Waals surface area (Å²) in [6.07, 6.45) is 0. The van der Waals surface area contributed by atoms with Gasteiger partial charge in [-0.25, -0.2) is 0 Å². The van der Waals surface area contributed by atoms with Crippen LogP contribution in [0.25, 0.3) is 0 Å². The molecule has 0 atom stereocenters. The quantitative estimate of drug-likeness (QED) is 0.495. The van der Waals surface area contributed by atoms with E-state index in [1.165, 1.54) is 16.7 Å². The zero-order valence-electron chi connectivity index (χ0n) is 11.5. The maximum absolute atomic E-state index is 7.42. The number of nitrogen functional groups attached to an aromatic ring is 1. The number of nitrogens with one attached hydrogen (secondary N) is 1. The molecular weight excluding hydrogens is 288 g/mol. The summed E-state index contributed by atoms with van der Waals surface area (Å²) in [5, 5.41) is 7.95. The molecule has 0 fully saturated rings. The van der Waals surface area contributed by atoms with Gasteiger partial charge in [-0.2, -0.15) is 0 Å². The van der Waals surface area contributed by atoms with Crippen LogP contribution in [0.4, 0.5) is 0 Å². The monoisotopic (exact) mass is 304 g/mol. The summed E-state index contributed by atoms with van der Waals surface area (Å²) < 4.78 is 0. The Morgan fingerprint density at radius 2 is 1.80 bits per heavy atom. The molecule has 2 nitrogen and oxygen atoms in total. The first-order chi connectivity index (χ1) is 9.45. The average molecular weight is 305 g/mol. The minimum Gasteiger partial charge on any atom is -0.384 e. The number of thioether (sulfide) groups is 1. The van der Waals surface area contributed by atoms with Gasteiger partial charge >= 0.3 is 0 Å². The molecular formula is C16H17ClN2S. The van der Waals surface area contributed by atoms with Crippen LogP contribution in [0.5, 0.6) is 0 Å². The third kappa shape index (κ3) is 3.78. The number of halogens is 1. The van der Waals surface area contributed by atoms with E-state index >= 15 is 0 Å². The Labute approximate surface area is 128 Å². The molecule has 0 spiro atoms. The Balaban J connectivity index is 2.11. The third-order valence-electron chi connectivity index (χ3n) is 2.92. The van der Waals surface area contributed by atoms with Crippen molar-refractivity contribution in [2.75, 3.05) is 0 Å². The predicted molar refractivity (Wildman–Crippen MR) is 87.9 cm³/mol. The maximum Gasteiger partial charge on any atom is 0.124 e. The molecule has 0 aliphatic heterocycles. The van der Waals surface area contributed by atoms with E-state index in [0.717, 1.165) is 10.6 Å². The lowest BCUT2D eigenvalue weighted by Crippen LogP contribution is -2.11. The lowest BCUT2D eigenvalue weighted by molar-refractivity contribution is 1.29. The lowest BCUT2D eigenvalue weighted by Gasteiger charge is -2.07. The van der Waals surface area contributed by atoms with Gasteiger partial charge in [0.2, 0.25) is 0 Å². The van der Waals surface area contributed by atoms with Gasteiger partial charge in [0, 0.05) is 16.2 Å². The van der Waals surface area contributed by atoms with Gasteiger partial charge in [0.25, 0.3) is 0 Å². The van der Waals surface area contributed by atoms with Crippen LogP contribution in [0.2, 0.25) is 5.02 Å². The van der Waals surface area contributed by atoms with Crippen molar-refractivity contribution < 1.29 is 0 Å². The van der Waals surface area contributed by atoms with Crippen LogP contribution < -0.4 is 5.73 Å². The van der Waals surface area contributed by atoms with Crippen LogP contribution >= 0.6 is 23.4 Å². The molecule has 0 saturated heterocycles. The molecule has 0 unspecified atom stereocenters. The Kier molecular flexibility index (Phi) is 4.73. The zero-order chi connectivity index (χ0) is 14.7. The van der Waals surface area contributed by atoms with Gasteiger partial charge in [-0.15, -0.1) is 11.8 Å². The Morgan fingerprint density at radius 3 is 2.35 bits per heavy atom. The SMILES string of the molecule is Cc1cc(C)cc(CSc2ccc(C(=N)N)c(Cl)c2)c1. The first-order valence-electron chi connectivity index (χ1n) is 6.29. The normalized spacial score (nSPS) is 10.6. The van der Waals surface area contributed by atoms with Crippen LogP contribution in [0, 0.1) is 19.3 Å². The summed E-state index contributed by atoms with van der Waals surface area (Å²) in [4.78, 5) is 1.08. The van der Waals surface area contributed by atoms with E-state index < -0.39 is 0 Å². The molecule has 0 saturated carbocycles. The first-order valence-corrected chi connectivity index (χ1v) is 7.66. The average Bonchev–Trinajstić information content (AvgIpc) is 2.35. The Morgan fingerprint density at radius 1 is 1.15 bits per heavy atom. The van der Waals surface area contributed by atoms with Crippen LogP contribution in [0.3, 0.4) is 0 Å². The highest BCUT2D eigenvalue weighted by Gasteiger charge is 2.05. The van der Waals surface area contributed by atoms with Gasteiger partial charge in [0.1, 0.15) is 5.84 Å². The van der Waals surface area contributed by atoms with Crippen molar-refractivity contribution >= 4 is 29.2 Å². The lowest BCUT2D eigenvalue weighted by atomic mass is 10.1. The molecule has 2 rings (SSSR count). The van der Waals surface area contributed by atoms with Crippen LogP contribution in [-0.4, -0.2) is 5.84 Å². The molecule has 0 heterocycles. The van der Waals surface area contributed by atoms with E-state index in [4.69, 9.17) is 22.7 Å². The summed E-state index contributed by atoms with van der Waals surface area (Å²) >= 11 is 7.85. The highest BCUT2D eigenvalue weighted by molar-refractivity contribution is 7.98. The van der Waals surface area contributed by atoms with Crippen molar-refractivity contribution in [3.05, 3.63) is 63.7 Å². The van der Waals surface area contributed by atoms with Gasteiger partial charge in [-0.3, -0.25) is 5.41 Å². The second-order valence-corrected chi connectivity index (χ2v) is 6.30. The molecule has 0 amide bonds. The standard InChI is InChI=1S/C16H17ClN2S/c1-10-5-11(2)7-12(6-10)9-20-13-3-4-14(16(18)19)15(17)8-13/h3-8H,9H2,1-2H3,(H3,18,19). The predicted octanol–water partition coefficient (Wildman–Crippen LogP) is 4.53. The van der Waals surface area contributed by atoms with Gasteiger partial charge in [-0.05, 0) is 37.6 Å². The largest absolute Gasteiger partial charge is 0.384 e. The van der Waals surface area contributed by atoms with Crippen molar-refractivity contribution in [3.63, 3.8) is 0 Å². The highest BCUT2D eigenvalue weighted by Crippen LogP contribution is 2.28. The minimum atomic E-state index is 0.000795. The number of aryl methyl sites for hydroxylation is 2. The highest BCUT2D eigenvalue weighted by atomic mass is 35.5. The van der Waals surface area contributed by atoms with Crippen molar-refractivity contribution in [3.8, 4) is 0 Å². The first kappa shape index (κ1) is 14.9. The summed E-state index contributed by atoms with van der Waals surface area (Å²) in [5.74, 6) is 0.902. The third-order valence-corrected chi connectivity index (χ3v) is 4.30. The minimum absolute atomic E-state index is 0.000795. The number of nitrogens with two attached hydrogens (primary N) is 1. The summed E-state index contributed by atoms with van der Waals surface area (Å²) in [6, 6.07) is 12.2. The Hall–Kier alpha value is -1.45.